The first kappa shape index (κ1) is 20.1. The number of ether oxygens (including phenoxy) is 1. The second-order valence-electron chi connectivity index (χ2n) is 6.46. The van der Waals surface area contributed by atoms with Gasteiger partial charge in [0.1, 0.15) is 17.3 Å². The second kappa shape index (κ2) is 9.50. The Balaban J connectivity index is 1.50. The molecule has 3 aromatic carbocycles. The molecule has 0 saturated heterocycles. The van der Waals surface area contributed by atoms with Crippen LogP contribution in [0, 0.1) is 5.82 Å². The van der Waals surface area contributed by atoms with Crippen LogP contribution in [0.4, 0.5) is 4.39 Å². The molecule has 0 fully saturated rings. The molecule has 1 N–H and O–H groups in total. The zero-order chi connectivity index (χ0) is 20.6. The summed E-state index contributed by atoms with van der Waals surface area (Å²) in [6.45, 7) is -0.0427. The lowest BCUT2D eigenvalue weighted by atomic mass is 10.2. The van der Waals surface area contributed by atoms with Gasteiger partial charge in [-0.1, -0.05) is 36.4 Å². The van der Waals surface area contributed by atoms with Crippen LogP contribution in [0.3, 0.4) is 0 Å². The number of likely N-dealkylation sites (N-methyl/N-ethyl adjacent to an activating group) is 1. The Morgan fingerprint density at radius 1 is 0.897 bits per heavy atom. The molecule has 0 radical (unpaired) electrons. The van der Waals surface area contributed by atoms with Gasteiger partial charge in [-0.05, 0) is 42.5 Å². The van der Waals surface area contributed by atoms with Crippen LogP contribution in [-0.2, 0) is 11.3 Å². The van der Waals surface area contributed by atoms with Crippen LogP contribution >= 0.6 is 0 Å². The van der Waals surface area contributed by atoms with Crippen molar-refractivity contribution >= 4 is 11.8 Å². The Kier molecular flexibility index (Phi) is 6.58. The Labute approximate surface area is 168 Å². The first-order chi connectivity index (χ1) is 14.0. The number of nitrogens with one attached hydrogen (secondary N) is 1. The summed E-state index contributed by atoms with van der Waals surface area (Å²) >= 11 is 0. The molecular formula is C23H21FN2O3. The van der Waals surface area contributed by atoms with Gasteiger partial charge in [-0.3, -0.25) is 9.59 Å². The van der Waals surface area contributed by atoms with Crippen LogP contribution in [0.5, 0.6) is 11.5 Å². The monoisotopic (exact) mass is 392 g/mol. The van der Waals surface area contributed by atoms with Crippen molar-refractivity contribution in [2.24, 2.45) is 0 Å². The highest BCUT2D eigenvalue weighted by atomic mass is 19.1. The summed E-state index contributed by atoms with van der Waals surface area (Å²) in [6.07, 6.45) is 0. The first-order valence-electron chi connectivity index (χ1n) is 9.11. The number of carbonyl (C=O) groups is 2. The lowest BCUT2D eigenvalue weighted by molar-refractivity contribution is -0.129. The molecule has 0 aromatic heterocycles. The molecule has 0 saturated carbocycles. The summed E-state index contributed by atoms with van der Waals surface area (Å²) in [5, 5.41) is 2.58. The molecule has 0 bridgehead atoms. The molecule has 0 unspecified atom stereocenters. The van der Waals surface area contributed by atoms with Crippen molar-refractivity contribution in [1.82, 2.24) is 10.2 Å². The molecule has 2 amide bonds. The summed E-state index contributed by atoms with van der Waals surface area (Å²) in [4.78, 5) is 25.9. The van der Waals surface area contributed by atoms with E-state index in [9.17, 15) is 14.0 Å². The third kappa shape index (κ3) is 5.65. The molecule has 0 aliphatic carbocycles. The van der Waals surface area contributed by atoms with Crippen LogP contribution in [0.15, 0.2) is 78.9 Å². The van der Waals surface area contributed by atoms with Gasteiger partial charge in [0.25, 0.3) is 5.91 Å². The fourth-order valence-corrected chi connectivity index (χ4v) is 2.66. The summed E-state index contributed by atoms with van der Waals surface area (Å²) < 4.78 is 19.4. The molecule has 3 aromatic rings. The Morgan fingerprint density at radius 3 is 2.21 bits per heavy atom. The number of nitrogens with zero attached hydrogens (tertiary/aromatic N) is 1. The van der Waals surface area contributed by atoms with E-state index in [1.807, 2.05) is 30.3 Å². The van der Waals surface area contributed by atoms with Gasteiger partial charge in [-0.15, -0.1) is 0 Å². The van der Waals surface area contributed by atoms with Crippen molar-refractivity contribution in [3.8, 4) is 11.5 Å². The molecule has 29 heavy (non-hydrogen) atoms. The molecule has 5 nitrogen and oxygen atoms in total. The van der Waals surface area contributed by atoms with Crippen LogP contribution in [0.2, 0.25) is 0 Å². The van der Waals surface area contributed by atoms with Crippen molar-refractivity contribution in [2.75, 3.05) is 13.6 Å². The van der Waals surface area contributed by atoms with Crippen LogP contribution < -0.4 is 10.1 Å². The molecule has 0 atom stereocenters. The molecule has 0 aliphatic rings. The number of para-hydroxylation sites is 1. The summed E-state index contributed by atoms with van der Waals surface area (Å²) in [5.74, 6) is 0.255. The number of carbonyl (C=O) groups excluding carboxylic acids is 2. The van der Waals surface area contributed by atoms with E-state index in [0.29, 0.717) is 22.6 Å². The van der Waals surface area contributed by atoms with Crippen molar-refractivity contribution in [3.05, 3.63) is 95.8 Å². The molecular weight excluding hydrogens is 371 g/mol. The molecule has 148 valence electrons. The van der Waals surface area contributed by atoms with Gasteiger partial charge in [-0.2, -0.15) is 0 Å². The first-order valence-corrected chi connectivity index (χ1v) is 9.11. The zero-order valence-corrected chi connectivity index (χ0v) is 16.0. The van der Waals surface area contributed by atoms with E-state index in [2.05, 4.69) is 5.32 Å². The molecule has 3 rings (SSSR count). The molecule has 0 aliphatic heterocycles. The lowest BCUT2D eigenvalue weighted by Gasteiger charge is -2.18. The number of halogens is 1. The van der Waals surface area contributed by atoms with Crippen LogP contribution in [0.1, 0.15) is 15.9 Å². The maximum absolute atomic E-state index is 13.7. The second-order valence-corrected chi connectivity index (χ2v) is 6.46. The minimum absolute atomic E-state index is 0.132. The summed E-state index contributed by atoms with van der Waals surface area (Å²) in [6, 6.07) is 22.2. The molecule has 6 heteroatoms. The van der Waals surface area contributed by atoms with Gasteiger partial charge < -0.3 is 15.0 Å². The Morgan fingerprint density at radius 2 is 1.52 bits per heavy atom. The van der Waals surface area contributed by atoms with Gasteiger partial charge in [0, 0.05) is 24.7 Å². The maximum atomic E-state index is 13.7. The number of amides is 2. The van der Waals surface area contributed by atoms with Gasteiger partial charge in [0.2, 0.25) is 5.91 Å². The normalized spacial score (nSPS) is 10.3. The van der Waals surface area contributed by atoms with Gasteiger partial charge in [0.15, 0.2) is 0 Å². The highest BCUT2D eigenvalue weighted by molar-refractivity contribution is 5.96. The Hall–Kier alpha value is -3.67. The van der Waals surface area contributed by atoms with E-state index in [1.165, 1.54) is 11.0 Å². The predicted octanol–water partition coefficient (Wildman–Crippen LogP) is 4.01. The van der Waals surface area contributed by atoms with Gasteiger partial charge in [0.05, 0.1) is 6.54 Å². The van der Waals surface area contributed by atoms with Gasteiger partial charge in [-0.25, -0.2) is 4.39 Å². The standard InChI is InChI=1S/C23H21FN2O3/c1-26(16-18-7-5-6-10-21(18)24)22(27)15-25-23(28)17-11-13-20(14-12-17)29-19-8-3-2-4-9-19/h2-14H,15-16H2,1H3,(H,25,28). The lowest BCUT2D eigenvalue weighted by Crippen LogP contribution is -2.37. The quantitative estimate of drug-likeness (QED) is 0.661. The number of rotatable bonds is 7. The number of hydrogen-bond donors (Lipinski definition) is 1. The topological polar surface area (TPSA) is 58.6 Å². The minimum Gasteiger partial charge on any atom is -0.457 e. The van der Waals surface area contributed by atoms with Crippen LogP contribution in [0.25, 0.3) is 0 Å². The smallest absolute Gasteiger partial charge is 0.251 e. The predicted molar refractivity (Wildman–Crippen MR) is 108 cm³/mol. The van der Waals surface area contributed by atoms with E-state index in [0.717, 1.165) is 0 Å². The van der Waals surface area contributed by atoms with Crippen molar-refractivity contribution in [3.63, 3.8) is 0 Å². The fraction of sp³-hybridized carbons (Fsp3) is 0.130. The third-order valence-corrected chi connectivity index (χ3v) is 4.29. The maximum Gasteiger partial charge on any atom is 0.251 e. The number of hydrogen-bond acceptors (Lipinski definition) is 3. The van der Waals surface area contributed by atoms with E-state index >= 15 is 0 Å². The van der Waals surface area contributed by atoms with Crippen molar-refractivity contribution in [1.29, 1.82) is 0 Å². The Bertz CT molecular complexity index is 975. The van der Waals surface area contributed by atoms with Crippen LogP contribution in [-0.4, -0.2) is 30.3 Å². The van der Waals surface area contributed by atoms with E-state index in [4.69, 9.17) is 4.74 Å². The largest absolute Gasteiger partial charge is 0.457 e. The third-order valence-electron chi connectivity index (χ3n) is 4.29. The summed E-state index contributed by atoms with van der Waals surface area (Å²) in [7, 11) is 1.57. The highest BCUT2D eigenvalue weighted by Gasteiger charge is 2.13. The SMILES string of the molecule is CN(Cc1ccccc1F)C(=O)CNC(=O)c1ccc(Oc2ccccc2)cc1. The number of benzene rings is 3. The minimum atomic E-state index is -0.371. The van der Waals surface area contributed by atoms with Gasteiger partial charge >= 0.3 is 0 Å². The average molecular weight is 392 g/mol. The molecule has 0 heterocycles. The average Bonchev–Trinajstić information content (AvgIpc) is 2.74. The highest BCUT2D eigenvalue weighted by Crippen LogP contribution is 2.21. The van der Waals surface area contributed by atoms with E-state index in [1.54, 1.807) is 49.5 Å². The fourth-order valence-electron chi connectivity index (χ4n) is 2.66. The van der Waals surface area contributed by atoms with Crippen molar-refractivity contribution < 1.29 is 18.7 Å². The van der Waals surface area contributed by atoms with Crippen molar-refractivity contribution in [2.45, 2.75) is 6.54 Å². The van der Waals surface area contributed by atoms with E-state index in [-0.39, 0.29) is 30.7 Å². The zero-order valence-electron chi connectivity index (χ0n) is 16.0. The summed E-state index contributed by atoms with van der Waals surface area (Å²) in [5.41, 5.74) is 0.832. The molecule has 0 spiro atoms. The van der Waals surface area contributed by atoms with E-state index < -0.39 is 0 Å².